The van der Waals surface area contributed by atoms with Crippen LogP contribution in [0.4, 0.5) is 0 Å². The van der Waals surface area contributed by atoms with Crippen molar-refractivity contribution >= 4 is 33.5 Å². The highest BCUT2D eigenvalue weighted by Crippen LogP contribution is 2.42. The molecule has 2 aliphatic heterocycles. The van der Waals surface area contributed by atoms with Gasteiger partial charge in [0.25, 0.3) is 10.0 Å². The van der Waals surface area contributed by atoms with Crippen LogP contribution in [0.15, 0.2) is 76.3 Å². The Bertz CT molecular complexity index is 1210. The van der Waals surface area contributed by atoms with E-state index < -0.39 is 10.0 Å². The van der Waals surface area contributed by atoms with Crippen molar-refractivity contribution in [3.63, 3.8) is 0 Å². The first-order chi connectivity index (χ1) is 16.6. The highest BCUT2D eigenvalue weighted by molar-refractivity contribution is 7.91. The lowest BCUT2D eigenvalue weighted by Gasteiger charge is -2.57. The Morgan fingerprint density at radius 1 is 0.912 bits per heavy atom. The molecule has 5 nitrogen and oxygen atoms in total. The summed E-state index contributed by atoms with van der Waals surface area (Å²) in [6.07, 6.45) is 5.96. The molecule has 0 spiro atoms. The third-order valence-corrected chi connectivity index (χ3v) is 10.2. The second-order valence-electron chi connectivity index (χ2n) is 8.99. The predicted molar refractivity (Wildman–Crippen MR) is 138 cm³/mol. The average molecular weight is 495 g/mol. The third kappa shape index (κ3) is 4.63. The summed E-state index contributed by atoms with van der Waals surface area (Å²) in [4.78, 5) is 2.31. The molecule has 0 amide bonds. The van der Waals surface area contributed by atoms with E-state index in [2.05, 4.69) is 53.5 Å². The van der Waals surface area contributed by atoms with Gasteiger partial charge in [-0.05, 0) is 47.5 Å². The summed E-state index contributed by atoms with van der Waals surface area (Å²) < 4.78 is 28.6. The van der Waals surface area contributed by atoms with Crippen LogP contribution >= 0.6 is 11.3 Å². The summed E-state index contributed by atoms with van der Waals surface area (Å²) in [6, 6.07) is 22.2. The van der Waals surface area contributed by atoms with Crippen LogP contribution in [0.2, 0.25) is 0 Å². The number of hydrogen-bond acceptors (Lipinski definition) is 5. The van der Waals surface area contributed by atoms with E-state index in [1.54, 1.807) is 16.4 Å². The molecule has 0 unspecified atom stereocenters. The molecular weight excluding hydrogens is 464 g/mol. The SMILES string of the molecule is O=S(=O)(c1cccs1)N1CCCCN2[C@H](CO)[C@H](c3ccc(C=Cc4ccccc4)cc3)[C@@H]2C1. The molecule has 0 radical (unpaired) electrons. The Morgan fingerprint density at radius 3 is 2.29 bits per heavy atom. The van der Waals surface area contributed by atoms with Crippen molar-refractivity contribution in [2.75, 3.05) is 26.2 Å². The largest absolute Gasteiger partial charge is 0.395 e. The zero-order valence-electron chi connectivity index (χ0n) is 19.0. The Kier molecular flexibility index (Phi) is 6.99. The summed E-state index contributed by atoms with van der Waals surface area (Å²) in [5, 5.41) is 12.0. The van der Waals surface area contributed by atoms with Crippen molar-refractivity contribution < 1.29 is 13.5 Å². The van der Waals surface area contributed by atoms with Crippen molar-refractivity contribution in [3.8, 4) is 0 Å². The molecule has 34 heavy (non-hydrogen) atoms. The standard InChI is InChI=1S/C27H30N2O3S2/c30-20-25-27(23-14-12-22(13-15-23)11-10-21-7-2-1-3-8-21)24-19-28(16-4-5-17-29(24)25)34(31,32)26-9-6-18-33-26/h1-3,6-15,18,24-25,27,30H,4-5,16-17,19-20H2/t24-,25+,27+/m0/s1. The maximum Gasteiger partial charge on any atom is 0.252 e. The van der Waals surface area contributed by atoms with Gasteiger partial charge in [0.15, 0.2) is 0 Å². The fourth-order valence-corrected chi connectivity index (χ4v) is 7.89. The molecule has 7 heteroatoms. The van der Waals surface area contributed by atoms with Gasteiger partial charge in [-0.3, -0.25) is 4.90 Å². The van der Waals surface area contributed by atoms with Crippen LogP contribution < -0.4 is 0 Å². The van der Waals surface area contributed by atoms with Crippen molar-refractivity contribution in [1.82, 2.24) is 9.21 Å². The highest BCUT2D eigenvalue weighted by Gasteiger charge is 2.50. The quantitative estimate of drug-likeness (QED) is 0.512. The molecule has 0 saturated carbocycles. The van der Waals surface area contributed by atoms with Crippen molar-refractivity contribution in [2.24, 2.45) is 0 Å². The van der Waals surface area contributed by atoms with Gasteiger partial charge in [0.2, 0.25) is 0 Å². The maximum absolute atomic E-state index is 13.3. The van der Waals surface area contributed by atoms with Gasteiger partial charge in [-0.25, -0.2) is 8.42 Å². The van der Waals surface area contributed by atoms with Crippen LogP contribution in [-0.2, 0) is 10.0 Å². The number of rotatable bonds is 6. The van der Waals surface area contributed by atoms with E-state index in [1.807, 2.05) is 23.6 Å². The van der Waals surface area contributed by atoms with Gasteiger partial charge >= 0.3 is 0 Å². The van der Waals surface area contributed by atoms with Crippen LogP contribution in [-0.4, -0.2) is 61.1 Å². The predicted octanol–water partition coefficient (Wildman–Crippen LogP) is 4.53. The Labute approximate surface area is 206 Å². The Morgan fingerprint density at radius 2 is 1.62 bits per heavy atom. The summed E-state index contributed by atoms with van der Waals surface area (Å²) >= 11 is 1.27. The monoisotopic (exact) mass is 494 g/mol. The second-order valence-corrected chi connectivity index (χ2v) is 12.1. The molecule has 2 fully saturated rings. The van der Waals surface area contributed by atoms with E-state index >= 15 is 0 Å². The smallest absolute Gasteiger partial charge is 0.252 e. The number of benzene rings is 2. The lowest BCUT2D eigenvalue weighted by molar-refractivity contribution is -0.0553. The average Bonchev–Trinajstić information content (AvgIpc) is 3.39. The number of fused-ring (bicyclic) bond motifs is 1. The van der Waals surface area contributed by atoms with Gasteiger partial charge in [0.05, 0.1) is 6.61 Å². The number of nitrogens with zero attached hydrogens (tertiary/aromatic N) is 2. The molecule has 0 aliphatic carbocycles. The van der Waals surface area contributed by atoms with E-state index in [4.69, 9.17) is 0 Å². The van der Waals surface area contributed by atoms with E-state index in [9.17, 15) is 13.5 Å². The molecule has 0 bridgehead atoms. The molecule has 2 aromatic carbocycles. The normalized spacial score (nSPS) is 24.3. The van der Waals surface area contributed by atoms with E-state index in [-0.39, 0.29) is 24.6 Å². The Balaban J connectivity index is 1.37. The summed E-state index contributed by atoms with van der Waals surface area (Å²) in [5.41, 5.74) is 3.43. The zero-order valence-corrected chi connectivity index (χ0v) is 20.7. The molecular formula is C27H30N2O3S2. The first-order valence-corrected chi connectivity index (χ1v) is 14.1. The number of thiophene rings is 1. The molecule has 3 heterocycles. The summed E-state index contributed by atoms with van der Waals surface area (Å²) in [6.45, 7) is 1.98. The summed E-state index contributed by atoms with van der Waals surface area (Å²) in [5.74, 6) is 0.108. The molecule has 5 rings (SSSR count). The molecule has 178 valence electrons. The van der Waals surface area contributed by atoms with Gasteiger partial charge < -0.3 is 5.11 Å². The number of hydrogen-bond donors (Lipinski definition) is 1. The summed E-state index contributed by atoms with van der Waals surface area (Å²) in [7, 11) is -3.50. The molecule has 2 aliphatic rings. The molecule has 3 atom stereocenters. The molecule has 1 N–H and O–H groups in total. The number of sulfonamides is 1. The van der Waals surface area contributed by atoms with Gasteiger partial charge in [0.1, 0.15) is 4.21 Å². The first kappa shape index (κ1) is 23.5. The van der Waals surface area contributed by atoms with E-state index in [1.165, 1.54) is 11.3 Å². The van der Waals surface area contributed by atoms with Gasteiger partial charge in [-0.15, -0.1) is 11.3 Å². The van der Waals surface area contributed by atoms with E-state index in [0.717, 1.165) is 36.1 Å². The lowest BCUT2D eigenvalue weighted by Crippen LogP contribution is -2.67. The zero-order chi connectivity index (χ0) is 23.5. The van der Waals surface area contributed by atoms with Crippen LogP contribution in [0, 0.1) is 0 Å². The second kappa shape index (κ2) is 10.1. The van der Waals surface area contributed by atoms with Crippen LogP contribution in [0.25, 0.3) is 12.2 Å². The molecule has 3 aromatic rings. The number of aliphatic hydroxyl groups excluding tert-OH is 1. The maximum atomic E-state index is 13.3. The fourth-order valence-electron chi connectivity index (χ4n) is 5.25. The van der Waals surface area contributed by atoms with Gasteiger partial charge in [-0.2, -0.15) is 4.31 Å². The third-order valence-electron chi connectivity index (χ3n) is 7.01. The first-order valence-electron chi connectivity index (χ1n) is 11.8. The molecule has 2 saturated heterocycles. The minimum absolute atomic E-state index is 0.0279. The topological polar surface area (TPSA) is 60.9 Å². The van der Waals surface area contributed by atoms with Crippen LogP contribution in [0.1, 0.15) is 35.4 Å². The lowest BCUT2D eigenvalue weighted by atomic mass is 9.74. The minimum Gasteiger partial charge on any atom is -0.395 e. The van der Waals surface area contributed by atoms with Crippen molar-refractivity contribution in [3.05, 3.63) is 88.8 Å². The fraction of sp³-hybridized carbons (Fsp3) is 0.333. The van der Waals surface area contributed by atoms with Gasteiger partial charge in [-0.1, -0.05) is 72.8 Å². The van der Waals surface area contributed by atoms with Crippen molar-refractivity contribution in [1.29, 1.82) is 0 Å². The minimum atomic E-state index is -3.50. The molecule has 1 aromatic heterocycles. The number of aliphatic hydroxyl groups is 1. The van der Waals surface area contributed by atoms with Gasteiger partial charge in [0, 0.05) is 31.1 Å². The Hall–Kier alpha value is -2.29. The highest BCUT2D eigenvalue weighted by atomic mass is 32.2. The van der Waals surface area contributed by atoms with Crippen LogP contribution in [0.5, 0.6) is 0 Å². The van der Waals surface area contributed by atoms with Crippen LogP contribution in [0.3, 0.4) is 0 Å². The van der Waals surface area contributed by atoms with E-state index in [0.29, 0.717) is 17.3 Å². The van der Waals surface area contributed by atoms with Crippen molar-refractivity contribution in [2.45, 2.75) is 35.1 Å².